The van der Waals surface area contributed by atoms with Gasteiger partial charge in [0.15, 0.2) is 0 Å². The molecule has 2 saturated carbocycles. The summed E-state index contributed by atoms with van der Waals surface area (Å²) in [5.41, 5.74) is 5.71. The topological polar surface area (TPSA) is 20.2 Å². The van der Waals surface area contributed by atoms with Gasteiger partial charge in [-0.2, -0.15) is 0 Å². The first kappa shape index (κ1) is 13.9. The maximum absolute atomic E-state index is 9.45. The first-order chi connectivity index (χ1) is 9.79. The van der Waals surface area contributed by atoms with Crippen molar-refractivity contribution in [2.75, 3.05) is 6.61 Å². The van der Waals surface area contributed by atoms with E-state index in [-0.39, 0.29) is 6.61 Å². The second kappa shape index (κ2) is 6.13. The number of hydrogen-bond acceptors (Lipinski definition) is 1. The summed E-state index contributed by atoms with van der Waals surface area (Å²) in [4.78, 5) is 0. The maximum Gasteiger partial charge on any atom is 0.0644 e. The minimum Gasteiger partial charge on any atom is -0.392 e. The average molecular weight is 270 g/mol. The monoisotopic (exact) mass is 270 g/mol. The normalized spacial score (nSPS) is 34.5. The fourth-order valence-corrected chi connectivity index (χ4v) is 4.15. The van der Waals surface area contributed by atoms with Gasteiger partial charge in [-0.25, -0.2) is 0 Å². The molecule has 1 unspecified atom stereocenters. The molecule has 0 saturated heterocycles. The van der Waals surface area contributed by atoms with E-state index in [2.05, 4.69) is 24.8 Å². The standard InChI is InChI=1S/C19H26O/c1-14-5-2-3-6-15(14)9-10-16-7-4-8-18-17(13-20)11-12-19(16)18/h9-11,18-20H,1-8,12-13H2/b15-9-,16-10+/t18-,19?/m1/s1. The van der Waals surface area contributed by atoms with E-state index in [1.807, 2.05) is 0 Å². The fourth-order valence-electron chi connectivity index (χ4n) is 4.15. The van der Waals surface area contributed by atoms with Gasteiger partial charge in [0, 0.05) is 0 Å². The van der Waals surface area contributed by atoms with Gasteiger partial charge >= 0.3 is 0 Å². The van der Waals surface area contributed by atoms with Crippen LogP contribution < -0.4 is 0 Å². The Morgan fingerprint density at radius 3 is 2.75 bits per heavy atom. The second-order valence-electron chi connectivity index (χ2n) is 6.52. The Morgan fingerprint density at radius 2 is 1.95 bits per heavy atom. The molecule has 0 amide bonds. The lowest BCUT2D eigenvalue weighted by Gasteiger charge is -2.30. The number of hydrogen-bond donors (Lipinski definition) is 1. The molecule has 3 rings (SSSR count). The highest BCUT2D eigenvalue weighted by molar-refractivity contribution is 5.36. The Kier molecular flexibility index (Phi) is 4.26. The van der Waals surface area contributed by atoms with Gasteiger partial charge in [0.1, 0.15) is 0 Å². The highest BCUT2D eigenvalue weighted by Crippen LogP contribution is 2.45. The van der Waals surface area contributed by atoms with Crippen LogP contribution in [-0.4, -0.2) is 11.7 Å². The SMILES string of the molecule is C=C1CCCC/C1=C/C=C1\CCC[C@@H]2C(CO)=CCC12. The van der Waals surface area contributed by atoms with E-state index in [0.29, 0.717) is 11.8 Å². The van der Waals surface area contributed by atoms with Crippen LogP contribution in [-0.2, 0) is 0 Å². The third kappa shape index (κ3) is 2.69. The lowest BCUT2D eigenvalue weighted by atomic mass is 9.75. The maximum atomic E-state index is 9.45. The zero-order chi connectivity index (χ0) is 13.9. The third-order valence-corrected chi connectivity index (χ3v) is 5.36. The van der Waals surface area contributed by atoms with Crippen LogP contribution in [0.4, 0.5) is 0 Å². The van der Waals surface area contributed by atoms with Crippen LogP contribution in [0.2, 0.25) is 0 Å². The van der Waals surface area contributed by atoms with Gasteiger partial charge in [-0.05, 0) is 74.3 Å². The Morgan fingerprint density at radius 1 is 1.10 bits per heavy atom. The van der Waals surface area contributed by atoms with Gasteiger partial charge < -0.3 is 5.11 Å². The molecule has 1 heteroatoms. The molecule has 1 N–H and O–H groups in total. The van der Waals surface area contributed by atoms with E-state index in [1.54, 1.807) is 5.57 Å². The van der Waals surface area contributed by atoms with Crippen molar-refractivity contribution in [1.82, 2.24) is 0 Å². The van der Waals surface area contributed by atoms with Crippen molar-refractivity contribution in [2.45, 2.75) is 51.4 Å². The van der Waals surface area contributed by atoms with E-state index < -0.39 is 0 Å². The third-order valence-electron chi connectivity index (χ3n) is 5.36. The molecule has 0 heterocycles. The summed E-state index contributed by atoms with van der Waals surface area (Å²) < 4.78 is 0. The lowest BCUT2D eigenvalue weighted by molar-refractivity contribution is 0.289. The summed E-state index contributed by atoms with van der Waals surface area (Å²) in [5, 5.41) is 9.45. The molecule has 2 atom stereocenters. The molecule has 0 aromatic carbocycles. The molecule has 3 aliphatic carbocycles. The molecular weight excluding hydrogens is 244 g/mol. The fraction of sp³-hybridized carbons (Fsp3) is 0.579. The molecule has 108 valence electrons. The summed E-state index contributed by atoms with van der Waals surface area (Å²) >= 11 is 0. The molecular formula is C19H26O. The quantitative estimate of drug-likeness (QED) is 0.721. The number of aliphatic hydroxyl groups is 1. The van der Waals surface area contributed by atoms with Crippen molar-refractivity contribution >= 4 is 0 Å². The van der Waals surface area contributed by atoms with Gasteiger partial charge in [0.2, 0.25) is 0 Å². The van der Waals surface area contributed by atoms with E-state index in [4.69, 9.17) is 0 Å². The molecule has 20 heavy (non-hydrogen) atoms. The molecule has 0 radical (unpaired) electrons. The van der Waals surface area contributed by atoms with Crippen LogP contribution in [0.5, 0.6) is 0 Å². The highest BCUT2D eigenvalue weighted by atomic mass is 16.3. The lowest BCUT2D eigenvalue weighted by Crippen LogP contribution is -2.20. The molecule has 0 aromatic rings. The first-order valence-electron chi connectivity index (χ1n) is 8.17. The van der Waals surface area contributed by atoms with Crippen molar-refractivity contribution in [2.24, 2.45) is 11.8 Å². The molecule has 0 aromatic heterocycles. The Balaban J connectivity index is 1.75. The number of fused-ring (bicyclic) bond motifs is 1. The van der Waals surface area contributed by atoms with Crippen molar-refractivity contribution in [3.8, 4) is 0 Å². The number of allylic oxidation sites excluding steroid dienone is 6. The predicted octanol–water partition coefficient (Wildman–Crippen LogP) is 4.71. The largest absolute Gasteiger partial charge is 0.392 e. The Hall–Kier alpha value is -1.08. The van der Waals surface area contributed by atoms with Crippen LogP contribution in [0.3, 0.4) is 0 Å². The Labute approximate surface area is 122 Å². The van der Waals surface area contributed by atoms with Crippen molar-refractivity contribution in [3.05, 3.63) is 47.1 Å². The average Bonchev–Trinajstić information content (AvgIpc) is 2.90. The van der Waals surface area contributed by atoms with E-state index >= 15 is 0 Å². The molecule has 0 bridgehead atoms. The van der Waals surface area contributed by atoms with Crippen LogP contribution in [0.25, 0.3) is 0 Å². The molecule has 1 nitrogen and oxygen atoms in total. The molecule has 0 spiro atoms. The van der Waals surface area contributed by atoms with E-state index in [0.717, 1.165) is 6.42 Å². The van der Waals surface area contributed by atoms with Gasteiger partial charge in [-0.15, -0.1) is 0 Å². The van der Waals surface area contributed by atoms with Crippen molar-refractivity contribution in [1.29, 1.82) is 0 Å². The smallest absolute Gasteiger partial charge is 0.0644 e. The van der Waals surface area contributed by atoms with Crippen LogP contribution in [0.1, 0.15) is 51.4 Å². The minimum atomic E-state index is 0.256. The first-order valence-corrected chi connectivity index (χ1v) is 8.17. The summed E-state index contributed by atoms with van der Waals surface area (Å²) in [7, 11) is 0. The molecule has 3 aliphatic rings. The predicted molar refractivity (Wildman–Crippen MR) is 84.4 cm³/mol. The van der Waals surface area contributed by atoms with Crippen molar-refractivity contribution < 1.29 is 5.11 Å². The summed E-state index contributed by atoms with van der Waals surface area (Å²) in [6, 6.07) is 0. The second-order valence-corrected chi connectivity index (χ2v) is 6.52. The summed E-state index contributed by atoms with van der Waals surface area (Å²) in [5.74, 6) is 1.28. The van der Waals surface area contributed by atoms with Crippen LogP contribution in [0.15, 0.2) is 47.1 Å². The zero-order valence-corrected chi connectivity index (χ0v) is 12.4. The van der Waals surface area contributed by atoms with Crippen molar-refractivity contribution in [3.63, 3.8) is 0 Å². The zero-order valence-electron chi connectivity index (χ0n) is 12.4. The number of aliphatic hydroxyl groups excluding tert-OH is 1. The summed E-state index contributed by atoms with van der Waals surface area (Å²) in [6.07, 6.45) is 16.9. The molecule has 0 aliphatic heterocycles. The van der Waals surface area contributed by atoms with Crippen LogP contribution in [0, 0.1) is 11.8 Å². The van der Waals surface area contributed by atoms with E-state index in [9.17, 15) is 5.11 Å². The van der Waals surface area contributed by atoms with E-state index in [1.165, 1.54) is 61.7 Å². The van der Waals surface area contributed by atoms with Gasteiger partial charge in [-0.1, -0.05) is 36.0 Å². The molecule has 2 fully saturated rings. The van der Waals surface area contributed by atoms with Gasteiger partial charge in [0.25, 0.3) is 0 Å². The number of rotatable bonds is 2. The van der Waals surface area contributed by atoms with Crippen LogP contribution >= 0.6 is 0 Å². The van der Waals surface area contributed by atoms with Gasteiger partial charge in [0.05, 0.1) is 6.61 Å². The summed E-state index contributed by atoms with van der Waals surface area (Å²) in [6.45, 7) is 4.47. The Bertz CT molecular complexity index is 478. The highest BCUT2D eigenvalue weighted by Gasteiger charge is 2.33. The minimum absolute atomic E-state index is 0.256. The van der Waals surface area contributed by atoms with Gasteiger partial charge in [-0.3, -0.25) is 0 Å².